The van der Waals surface area contributed by atoms with Gasteiger partial charge in [-0.3, -0.25) is 15.4 Å². The number of aryl methyl sites for hydroxylation is 1. The van der Waals surface area contributed by atoms with Crippen molar-refractivity contribution >= 4 is 34.5 Å². The quantitative estimate of drug-likeness (QED) is 0.373. The molecule has 4 aromatic rings. The van der Waals surface area contributed by atoms with Gasteiger partial charge in [0.15, 0.2) is 0 Å². The fourth-order valence-electron chi connectivity index (χ4n) is 3.15. The summed E-state index contributed by atoms with van der Waals surface area (Å²) >= 11 is 6.00. The van der Waals surface area contributed by atoms with Gasteiger partial charge in [0.25, 0.3) is 0 Å². The predicted octanol–water partition coefficient (Wildman–Crippen LogP) is 4.82. The number of unbranched alkanes of at least 4 members (excludes halogenated alkanes) is 1. The zero-order valence-electron chi connectivity index (χ0n) is 16.2. The highest BCUT2D eigenvalue weighted by molar-refractivity contribution is 6.30. The van der Waals surface area contributed by atoms with Gasteiger partial charge < -0.3 is 5.32 Å². The molecular formula is C22H21ClN6O. The molecule has 0 saturated heterocycles. The molecule has 1 aromatic carbocycles. The number of halogens is 1. The molecule has 0 bridgehead atoms. The number of rotatable bonds is 7. The number of carbonyl (C=O) groups is 1. The number of aromatic nitrogens is 4. The number of urea groups is 1. The second-order valence-corrected chi connectivity index (χ2v) is 7.35. The van der Waals surface area contributed by atoms with Crippen LogP contribution in [0.3, 0.4) is 0 Å². The van der Waals surface area contributed by atoms with Gasteiger partial charge in [0.2, 0.25) is 0 Å². The Morgan fingerprint density at radius 1 is 1.03 bits per heavy atom. The van der Waals surface area contributed by atoms with E-state index in [1.807, 2.05) is 30.3 Å². The van der Waals surface area contributed by atoms with Crippen molar-refractivity contribution in [3.8, 4) is 11.1 Å². The predicted molar refractivity (Wildman–Crippen MR) is 119 cm³/mol. The van der Waals surface area contributed by atoms with Crippen molar-refractivity contribution in [1.29, 1.82) is 0 Å². The van der Waals surface area contributed by atoms with Crippen molar-refractivity contribution in [3.63, 3.8) is 0 Å². The Bertz CT molecular complexity index is 1150. The zero-order valence-corrected chi connectivity index (χ0v) is 17.0. The average molecular weight is 421 g/mol. The largest absolute Gasteiger partial charge is 0.338 e. The van der Waals surface area contributed by atoms with Gasteiger partial charge in [0.1, 0.15) is 5.82 Å². The normalized spacial score (nSPS) is 10.8. The summed E-state index contributed by atoms with van der Waals surface area (Å²) in [6.07, 6.45) is 8.08. The summed E-state index contributed by atoms with van der Waals surface area (Å²) in [5.41, 5.74) is 4.50. The number of anilines is 1. The van der Waals surface area contributed by atoms with Gasteiger partial charge in [0, 0.05) is 35.1 Å². The molecule has 0 aliphatic carbocycles. The van der Waals surface area contributed by atoms with Crippen molar-refractivity contribution in [2.75, 3.05) is 11.9 Å². The smallest absolute Gasteiger partial charge is 0.320 e. The number of aromatic amines is 1. The number of fused-ring (bicyclic) bond motifs is 1. The summed E-state index contributed by atoms with van der Waals surface area (Å²) < 4.78 is 0. The van der Waals surface area contributed by atoms with E-state index in [1.54, 1.807) is 24.7 Å². The number of pyridine rings is 2. The molecule has 0 fully saturated rings. The maximum atomic E-state index is 12.2. The van der Waals surface area contributed by atoms with Crippen LogP contribution in [0.15, 0.2) is 61.1 Å². The number of hydrogen-bond donors (Lipinski definition) is 3. The molecule has 30 heavy (non-hydrogen) atoms. The molecule has 0 atom stereocenters. The number of nitrogens with one attached hydrogen (secondary N) is 3. The summed E-state index contributed by atoms with van der Waals surface area (Å²) in [6.45, 7) is 0.589. The molecule has 0 saturated carbocycles. The van der Waals surface area contributed by atoms with E-state index in [-0.39, 0.29) is 6.03 Å². The van der Waals surface area contributed by atoms with Gasteiger partial charge in [0.05, 0.1) is 17.2 Å². The Balaban J connectivity index is 1.28. The van der Waals surface area contributed by atoms with E-state index >= 15 is 0 Å². The first-order chi connectivity index (χ1) is 14.7. The SMILES string of the molecule is O=C(NCCCCc1cccc(Cl)c1)Nc1ccc2ncc(-c3cn[nH]c3)cc2n1. The summed E-state index contributed by atoms with van der Waals surface area (Å²) in [7, 11) is 0. The molecule has 0 aliphatic rings. The Labute approximate surface area is 178 Å². The minimum absolute atomic E-state index is 0.274. The Hall–Kier alpha value is -3.45. The highest BCUT2D eigenvalue weighted by atomic mass is 35.5. The van der Waals surface area contributed by atoms with E-state index in [0.717, 1.165) is 40.9 Å². The highest BCUT2D eigenvalue weighted by Crippen LogP contribution is 2.21. The third-order valence-electron chi connectivity index (χ3n) is 4.68. The standard InChI is InChI=1S/C22H21ClN6O/c23-18-6-3-5-15(10-18)4-1-2-9-24-22(30)29-21-8-7-19-20(28-21)11-16(12-25-19)17-13-26-27-14-17/h3,5-8,10-14H,1-2,4,9H2,(H,26,27)(H2,24,28,29,30). The summed E-state index contributed by atoms with van der Waals surface area (Å²) in [6, 6.07) is 13.1. The van der Waals surface area contributed by atoms with Crippen molar-refractivity contribution in [2.45, 2.75) is 19.3 Å². The van der Waals surface area contributed by atoms with Crippen LogP contribution in [0, 0.1) is 0 Å². The van der Waals surface area contributed by atoms with Gasteiger partial charge in [-0.15, -0.1) is 0 Å². The third-order valence-corrected chi connectivity index (χ3v) is 4.91. The Morgan fingerprint density at radius 2 is 1.97 bits per heavy atom. The number of nitrogens with zero attached hydrogens (tertiary/aromatic N) is 3. The first-order valence-electron chi connectivity index (χ1n) is 9.73. The Kier molecular flexibility index (Phi) is 6.20. The number of carbonyl (C=O) groups excluding carboxylic acids is 1. The number of amides is 2. The van der Waals surface area contributed by atoms with E-state index in [1.165, 1.54) is 5.56 Å². The number of hydrogen-bond acceptors (Lipinski definition) is 4. The molecule has 2 amide bonds. The van der Waals surface area contributed by atoms with Crippen LogP contribution >= 0.6 is 11.6 Å². The van der Waals surface area contributed by atoms with Crippen LogP contribution in [-0.2, 0) is 6.42 Å². The lowest BCUT2D eigenvalue weighted by Crippen LogP contribution is -2.29. The van der Waals surface area contributed by atoms with E-state index < -0.39 is 0 Å². The van der Waals surface area contributed by atoms with Crippen LogP contribution in [-0.4, -0.2) is 32.7 Å². The van der Waals surface area contributed by atoms with Crippen molar-refractivity contribution in [1.82, 2.24) is 25.5 Å². The second kappa shape index (κ2) is 9.37. The van der Waals surface area contributed by atoms with Crippen LogP contribution in [0.25, 0.3) is 22.2 Å². The minimum atomic E-state index is -0.274. The molecule has 152 valence electrons. The first-order valence-corrected chi connectivity index (χ1v) is 10.1. The average Bonchev–Trinajstić information content (AvgIpc) is 3.28. The molecule has 7 nitrogen and oxygen atoms in total. The molecule has 4 rings (SSSR count). The summed E-state index contributed by atoms with van der Waals surface area (Å²) in [5, 5.41) is 13.1. The summed E-state index contributed by atoms with van der Waals surface area (Å²) in [4.78, 5) is 21.1. The van der Waals surface area contributed by atoms with Gasteiger partial charge >= 0.3 is 6.03 Å². The van der Waals surface area contributed by atoms with Crippen LogP contribution in [0.1, 0.15) is 18.4 Å². The molecule has 3 N–H and O–H groups in total. The van der Waals surface area contributed by atoms with Gasteiger partial charge in [-0.25, -0.2) is 9.78 Å². The molecule has 3 aromatic heterocycles. The van der Waals surface area contributed by atoms with Crippen LogP contribution in [0.2, 0.25) is 5.02 Å². The maximum absolute atomic E-state index is 12.2. The monoisotopic (exact) mass is 420 g/mol. The molecule has 3 heterocycles. The lowest BCUT2D eigenvalue weighted by atomic mass is 10.1. The van der Waals surface area contributed by atoms with Gasteiger partial charge in [-0.1, -0.05) is 23.7 Å². The van der Waals surface area contributed by atoms with Crippen molar-refractivity contribution < 1.29 is 4.79 Å². The number of H-pyrrole nitrogens is 1. The van der Waals surface area contributed by atoms with E-state index in [4.69, 9.17) is 11.6 Å². The summed E-state index contributed by atoms with van der Waals surface area (Å²) in [5.74, 6) is 0.477. The van der Waals surface area contributed by atoms with E-state index in [9.17, 15) is 4.79 Å². The fraction of sp³-hybridized carbons (Fsp3) is 0.182. The first kappa shape index (κ1) is 19.8. The van der Waals surface area contributed by atoms with Crippen LogP contribution in [0.4, 0.5) is 10.6 Å². The lowest BCUT2D eigenvalue weighted by Gasteiger charge is -2.08. The van der Waals surface area contributed by atoms with Gasteiger partial charge in [-0.05, 0) is 55.2 Å². The topological polar surface area (TPSA) is 95.6 Å². The molecule has 0 unspecified atom stereocenters. The third kappa shape index (κ3) is 5.12. The Morgan fingerprint density at radius 3 is 2.80 bits per heavy atom. The maximum Gasteiger partial charge on any atom is 0.320 e. The van der Waals surface area contributed by atoms with E-state index in [0.29, 0.717) is 17.9 Å². The van der Waals surface area contributed by atoms with Crippen LogP contribution in [0.5, 0.6) is 0 Å². The molecule has 0 spiro atoms. The zero-order chi connectivity index (χ0) is 20.8. The molecule has 0 radical (unpaired) electrons. The molecular weight excluding hydrogens is 400 g/mol. The van der Waals surface area contributed by atoms with Crippen molar-refractivity contribution in [3.05, 3.63) is 71.6 Å². The van der Waals surface area contributed by atoms with E-state index in [2.05, 4.69) is 36.9 Å². The lowest BCUT2D eigenvalue weighted by molar-refractivity contribution is 0.252. The number of benzene rings is 1. The molecule has 0 aliphatic heterocycles. The second-order valence-electron chi connectivity index (χ2n) is 6.91. The highest BCUT2D eigenvalue weighted by Gasteiger charge is 2.07. The van der Waals surface area contributed by atoms with Crippen molar-refractivity contribution in [2.24, 2.45) is 0 Å². The van der Waals surface area contributed by atoms with Crippen LogP contribution < -0.4 is 10.6 Å². The minimum Gasteiger partial charge on any atom is -0.338 e. The molecule has 8 heteroatoms. The van der Waals surface area contributed by atoms with Gasteiger partial charge in [-0.2, -0.15) is 5.10 Å². The fourth-order valence-corrected chi connectivity index (χ4v) is 3.36.